The lowest BCUT2D eigenvalue weighted by Gasteiger charge is -2.31. The van der Waals surface area contributed by atoms with Gasteiger partial charge in [0.25, 0.3) is 5.91 Å². The monoisotopic (exact) mass is 416 g/mol. The summed E-state index contributed by atoms with van der Waals surface area (Å²) in [5.41, 5.74) is 2.40. The zero-order valence-electron chi connectivity index (χ0n) is 17.1. The number of anilines is 1. The minimum atomic E-state index is -3.60. The van der Waals surface area contributed by atoms with E-state index in [2.05, 4.69) is 10.2 Å². The van der Waals surface area contributed by atoms with Gasteiger partial charge >= 0.3 is 0 Å². The molecule has 1 N–H and O–H groups in total. The van der Waals surface area contributed by atoms with Gasteiger partial charge in [-0.2, -0.15) is 4.31 Å². The maximum Gasteiger partial charge on any atom is 0.251 e. The van der Waals surface area contributed by atoms with Crippen LogP contribution in [0.4, 0.5) is 5.69 Å². The van der Waals surface area contributed by atoms with E-state index in [0.29, 0.717) is 38.3 Å². The second-order valence-electron chi connectivity index (χ2n) is 7.48. The zero-order valence-corrected chi connectivity index (χ0v) is 17.9. The number of carbonyl (C=O) groups is 1. The molecule has 3 rings (SSSR count). The molecule has 0 aromatic heterocycles. The molecule has 0 saturated carbocycles. The second-order valence-corrected chi connectivity index (χ2v) is 9.42. The standard InChI is InChI=1S/C21H28N4O3S/c1-23(2)19-9-7-17(8-10-19)16-22-21(26)18-5-4-6-20(15-18)29(27,28)25-13-11-24(3)12-14-25/h4-10,15H,11-14,16H2,1-3H3,(H,22,26). The number of sulfonamides is 1. The third-order valence-electron chi connectivity index (χ3n) is 5.10. The number of amides is 1. The molecule has 1 amide bonds. The quantitative estimate of drug-likeness (QED) is 0.775. The van der Waals surface area contributed by atoms with E-state index in [4.69, 9.17) is 0 Å². The van der Waals surface area contributed by atoms with Crippen LogP contribution < -0.4 is 10.2 Å². The van der Waals surface area contributed by atoms with E-state index in [1.165, 1.54) is 10.4 Å². The largest absolute Gasteiger partial charge is 0.378 e. The number of hydrogen-bond acceptors (Lipinski definition) is 5. The molecule has 1 heterocycles. The Morgan fingerprint density at radius 2 is 1.69 bits per heavy atom. The van der Waals surface area contributed by atoms with Crippen LogP contribution in [0.2, 0.25) is 0 Å². The Morgan fingerprint density at radius 1 is 1.03 bits per heavy atom. The van der Waals surface area contributed by atoms with Crippen molar-refractivity contribution in [1.29, 1.82) is 0 Å². The summed E-state index contributed by atoms with van der Waals surface area (Å²) in [7, 11) is 2.32. The highest BCUT2D eigenvalue weighted by Crippen LogP contribution is 2.19. The minimum Gasteiger partial charge on any atom is -0.378 e. The van der Waals surface area contributed by atoms with Crippen LogP contribution in [0.15, 0.2) is 53.4 Å². The van der Waals surface area contributed by atoms with Gasteiger partial charge in [-0.1, -0.05) is 18.2 Å². The first kappa shape index (κ1) is 21.3. The number of carbonyl (C=O) groups excluding carboxylic acids is 1. The number of hydrogen-bond donors (Lipinski definition) is 1. The van der Waals surface area contributed by atoms with Crippen LogP contribution in [0.3, 0.4) is 0 Å². The number of likely N-dealkylation sites (N-methyl/N-ethyl adjacent to an activating group) is 1. The maximum absolute atomic E-state index is 12.9. The topological polar surface area (TPSA) is 73.0 Å². The summed E-state index contributed by atoms with van der Waals surface area (Å²) < 4.78 is 27.3. The molecular weight excluding hydrogens is 388 g/mol. The average Bonchev–Trinajstić information content (AvgIpc) is 2.72. The summed E-state index contributed by atoms with van der Waals surface area (Å²) in [6.45, 7) is 2.69. The molecule has 0 radical (unpaired) electrons. The highest BCUT2D eigenvalue weighted by molar-refractivity contribution is 7.89. The van der Waals surface area contributed by atoms with Crippen molar-refractivity contribution in [2.45, 2.75) is 11.4 Å². The van der Waals surface area contributed by atoms with Gasteiger partial charge in [-0.3, -0.25) is 4.79 Å². The molecule has 0 bridgehead atoms. The van der Waals surface area contributed by atoms with Crippen molar-refractivity contribution in [3.8, 4) is 0 Å². The van der Waals surface area contributed by atoms with E-state index < -0.39 is 10.0 Å². The van der Waals surface area contributed by atoms with Gasteiger partial charge in [-0.05, 0) is 42.9 Å². The first-order valence-corrected chi connectivity index (χ1v) is 11.0. The molecule has 1 aliphatic rings. The third kappa shape index (κ3) is 5.14. The Morgan fingerprint density at radius 3 is 2.31 bits per heavy atom. The Kier molecular flexibility index (Phi) is 6.56. The predicted octanol–water partition coefficient (Wildman–Crippen LogP) is 1.62. The van der Waals surface area contributed by atoms with Crippen molar-refractivity contribution in [2.75, 3.05) is 52.2 Å². The van der Waals surface area contributed by atoms with Gasteiger partial charge in [0.2, 0.25) is 10.0 Å². The molecule has 1 saturated heterocycles. The fourth-order valence-corrected chi connectivity index (χ4v) is 4.64. The van der Waals surface area contributed by atoms with Crippen molar-refractivity contribution < 1.29 is 13.2 Å². The van der Waals surface area contributed by atoms with Crippen LogP contribution in [0.25, 0.3) is 0 Å². The average molecular weight is 417 g/mol. The summed E-state index contributed by atoms with van der Waals surface area (Å²) in [4.78, 5) is 16.8. The Labute approximate surface area is 173 Å². The molecule has 1 fully saturated rings. The lowest BCUT2D eigenvalue weighted by molar-refractivity contribution is 0.0950. The number of nitrogens with one attached hydrogen (secondary N) is 1. The molecule has 0 unspecified atom stereocenters. The molecule has 156 valence electrons. The maximum atomic E-state index is 12.9. The third-order valence-corrected chi connectivity index (χ3v) is 7.00. The SMILES string of the molecule is CN1CCN(S(=O)(=O)c2cccc(C(=O)NCc3ccc(N(C)C)cc3)c2)CC1. The summed E-state index contributed by atoms with van der Waals surface area (Å²) in [5.74, 6) is -0.294. The van der Waals surface area contributed by atoms with E-state index in [9.17, 15) is 13.2 Å². The van der Waals surface area contributed by atoms with E-state index in [1.807, 2.05) is 50.3 Å². The first-order chi connectivity index (χ1) is 13.8. The van der Waals surface area contributed by atoms with Crippen molar-refractivity contribution in [3.05, 3.63) is 59.7 Å². The molecule has 0 aliphatic carbocycles. The van der Waals surface area contributed by atoms with E-state index in [1.54, 1.807) is 18.2 Å². The molecule has 0 spiro atoms. The minimum absolute atomic E-state index is 0.157. The smallest absolute Gasteiger partial charge is 0.251 e. The molecule has 7 nitrogen and oxygen atoms in total. The highest BCUT2D eigenvalue weighted by atomic mass is 32.2. The lowest BCUT2D eigenvalue weighted by atomic mass is 10.1. The van der Waals surface area contributed by atoms with Gasteiger partial charge in [0.1, 0.15) is 0 Å². The van der Waals surface area contributed by atoms with Crippen molar-refractivity contribution in [3.63, 3.8) is 0 Å². The zero-order chi connectivity index (χ0) is 21.0. The molecule has 1 aliphatic heterocycles. The summed E-state index contributed by atoms with van der Waals surface area (Å²) in [5, 5.41) is 2.86. The van der Waals surface area contributed by atoms with Crippen molar-refractivity contribution in [2.24, 2.45) is 0 Å². The van der Waals surface area contributed by atoms with Gasteiger partial charge in [0.05, 0.1) is 4.90 Å². The Balaban J connectivity index is 1.67. The van der Waals surface area contributed by atoms with Gasteiger partial charge in [-0.25, -0.2) is 8.42 Å². The van der Waals surface area contributed by atoms with Crippen LogP contribution in [0, 0.1) is 0 Å². The van der Waals surface area contributed by atoms with Crippen LogP contribution in [-0.2, 0) is 16.6 Å². The first-order valence-electron chi connectivity index (χ1n) is 9.60. The summed E-state index contributed by atoms with van der Waals surface area (Å²) in [6, 6.07) is 14.2. The van der Waals surface area contributed by atoms with Crippen LogP contribution in [-0.4, -0.2) is 70.9 Å². The summed E-state index contributed by atoms with van der Waals surface area (Å²) in [6.07, 6.45) is 0. The molecule has 8 heteroatoms. The van der Waals surface area contributed by atoms with Crippen molar-refractivity contribution in [1.82, 2.24) is 14.5 Å². The molecular formula is C21H28N4O3S. The normalized spacial score (nSPS) is 15.8. The van der Waals surface area contributed by atoms with Crippen LogP contribution in [0.1, 0.15) is 15.9 Å². The van der Waals surface area contributed by atoms with E-state index >= 15 is 0 Å². The van der Waals surface area contributed by atoms with Gasteiger partial charge < -0.3 is 15.1 Å². The number of piperazine rings is 1. The lowest BCUT2D eigenvalue weighted by Crippen LogP contribution is -2.47. The molecule has 2 aromatic carbocycles. The van der Waals surface area contributed by atoms with E-state index in [0.717, 1.165) is 11.3 Å². The second kappa shape index (κ2) is 8.94. The van der Waals surface area contributed by atoms with Crippen molar-refractivity contribution >= 4 is 21.6 Å². The van der Waals surface area contributed by atoms with Gasteiger partial charge in [0.15, 0.2) is 0 Å². The van der Waals surface area contributed by atoms with Crippen LogP contribution >= 0.6 is 0 Å². The fraction of sp³-hybridized carbons (Fsp3) is 0.381. The van der Waals surface area contributed by atoms with Gasteiger partial charge in [0, 0.05) is 58.1 Å². The van der Waals surface area contributed by atoms with Crippen LogP contribution in [0.5, 0.6) is 0 Å². The number of benzene rings is 2. The Hall–Kier alpha value is -2.42. The van der Waals surface area contributed by atoms with Gasteiger partial charge in [-0.15, -0.1) is 0 Å². The molecule has 29 heavy (non-hydrogen) atoms. The molecule has 2 aromatic rings. The summed E-state index contributed by atoms with van der Waals surface area (Å²) >= 11 is 0. The number of nitrogens with zero attached hydrogens (tertiary/aromatic N) is 3. The number of rotatable bonds is 6. The molecule has 0 atom stereocenters. The van der Waals surface area contributed by atoms with E-state index in [-0.39, 0.29) is 10.8 Å². The Bertz CT molecular complexity index is 950. The fourth-order valence-electron chi connectivity index (χ4n) is 3.17. The highest BCUT2D eigenvalue weighted by Gasteiger charge is 2.27. The predicted molar refractivity (Wildman–Crippen MR) is 115 cm³/mol.